The lowest BCUT2D eigenvalue weighted by Crippen LogP contribution is -2.12. The first-order chi connectivity index (χ1) is 8.97. The zero-order chi connectivity index (χ0) is 14.0. The van der Waals surface area contributed by atoms with Gasteiger partial charge in [-0.15, -0.1) is 0 Å². The van der Waals surface area contributed by atoms with Gasteiger partial charge in [0.1, 0.15) is 11.5 Å². The maximum absolute atomic E-state index is 12.0. The lowest BCUT2D eigenvalue weighted by Gasteiger charge is -2.09. The Morgan fingerprint density at radius 1 is 1.11 bits per heavy atom. The number of amides is 1. The van der Waals surface area contributed by atoms with Gasteiger partial charge in [0, 0.05) is 16.8 Å². The molecule has 0 bridgehead atoms. The van der Waals surface area contributed by atoms with Crippen molar-refractivity contribution in [3.8, 4) is 11.5 Å². The number of hydrogen-bond acceptors (Lipinski definition) is 4. The van der Waals surface area contributed by atoms with Crippen molar-refractivity contribution in [3.63, 3.8) is 0 Å². The van der Waals surface area contributed by atoms with Gasteiger partial charge in [-0.25, -0.2) is 0 Å². The van der Waals surface area contributed by atoms with Crippen LogP contribution in [0.5, 0.6) is 11.5 Å². The molecule has 5 N–H and O–H groups in total. The third kappa shape index (κ3) is 2.89. The molecule has 2 aromatic carbocycles. The lowest BCUT2D eigenvalue weighted by atomic mass is 10.1. The predicted molar refractivity (Wildman–Crippen MR) is 73.6 cm³/mol. The maximum atomic E-state index is 12.0. The second kappa shape index (κ2) is 5.07. The summed E-state index contributed by atoms with van der Waals surface area (Å²) in [7, 11) is 0. The van der Waals surface area contributed by atoms with E-state index in [0.717, 1.165) is 0 Å². The van der Waals surface area contributed by atoms with Gasteiger partial charge in [0.15, 0.2) is 0 Å². The van der Waals surface area contributed by atoms with Crippen LogP contribution in [0, 0.1) is 0 Å². The summed E-state index contributed by atoms with van der Waals surface area (Å²) in [5, 5.41) is 22.0. The number of carbonyl (C=O) groups is 1. The molecule has 0 saturated heterocycles. The molecule has 19 heavy (non-hydrogen) atoms. The van der Waals surface area contributed by atoms with E-state index in [0.29, 0.717) is 10.7 Å². The topological polar surface area (TPSA) is 95.6 Å². The Morgan fingerprint density at radius 2 is 1.84 bits per heavy atom. The van der Waals surface area contributed by atoms with Gasteiger partial charge < -0.3 is 21.3 Å². The van der Waals surface area contributed by atoms with Gasteiger partial charge in [-0.05, 0) is 30.3 Å². The van der Waals surface area contributed by atoms with Crippen molar-refractivity contribution in [2.45, 2.75) is 0 Å². The third-order valence-corrected chi connectivity index (χ3v) is 2.71. The Bertz CT molecular complexity index is 644. The van der Waals surface area contributed by atoms with E-state index in [4.69, 9.17) is 17.3 Å². The summed E-state index contributed by atoms with van der Waals surface area (Å²) in [5.41, 5.74) is 6.07. The van der Waals surface area contributed by atoms with Crippen LogP contribution in [-0.2, 0) is 0 Å². The average molecular weight is 279 g/mol. The molecular weight excluding hydrogens is 268 g/mol. The number of aromatic hydroxyl groups is 2. The van der Waals surface area contributed by atoms with Crippen LogP contribution < -0.4 is 11.1 Å². The summed E-state index contributed by atoms with van der Waals surface area (Å²) in [4.78, 5) is 12.0. The second-order valence-corrected chi connectivity index (χ2v) is 4.33. The smallest absolute Gasteiger partial charge is 0.259 e. The van der Waals surface area contributed by atoms with E-state index < -0.39 is 5.91 Å². The molecule has 2 rings (SSSR count). The Kier molecular flexibility index (Phi) is 3.48. The molecule has 1 amide bonds. The number of nitrogens with one attached hydrogen (secondary N) is 1. The fourth-order valence-electron chi connectivity index (χ4n) is 1.53. The number of anilines is 2. The summed E-state index contributed by atoms with van der Waals surface area (Å²) in [6, 6.07) is 8.43. The third-order valence-electron chi connectivity index (χ3n) is 2.47. The van der Waals surface area contributed by atoms with Gasteiger partial charge >= 0.3 is 0 Å². The first-order valence-electron chi connectivity index (χ1n) is 5.36. The van der Waals surface area contributed by atoms with Crippen LogP contribution in [0.1, 0.15) is 10.4 Å². The highest BCUT2D eigenvalue weighted by Crippen LogP contribution is 2.27. The molecular formula is C13H11ClN2O3. The van der Waals surface area contributed by atoms with Gasteiger partial charge in [-0.3, -0.25) is 4.79 Å². The lowest BCUT2D eigenvalue weighted by molar-refractivity contribution is 0.102. The van der Waals surface area contributed by atoms with Crippen LogP contribution >= 0.6 is 11.6 Å². The van der Waals surface area contributed by atoms with Crippen LogP contribution in [0.2, 0.25) is 5.02 Å². The Balaban J connectivity index is 2.28. The van der Waals surface area contributed by atoms with E-state index >= 15 is 0 Å². The molecule has 5 nitrogen and oxygen atoms in total. The van der Waals surface area contributed by atoms with Gasteiger partial charge in [0.25, 0.3) is 5.91 Å². The standard InChI is InChI=1S/C13H11ClN2O3/c14-7-1-4-11(17)9(5-7)13(19)16-10-3-2-8(15)6-12(10)18/h1-6,17-18H,15H2,(H,16,19). The highest BCUT2D eigenvalue weighted by molar-refractivity contribution is 6.31. The van der Waals surface area contributed by atoms with Crippen LogP contribution in [0.3, 0.4) is 0 Å². The van der Waals surface area contributed by atoms with Crippen molar-refractivity contribution in [1.82, 2.24) is 0 Å². The molecule has 0 aliphatic rings. The van der Waals surface area contributed by atoms with Crippen LogP contribution in [0.4, 0.5) is 11.4 Å². The maximum Gasteiger partial charge on any atom is 0.259 e. The largest absolute Gasteiger partial charge is 0.507 e. The number of nitrogen functional groups attached to an aromatic ring is 1. The van der Waals surface area contributed by atoms with Crippen molar-refractivity contribution in [3.05, 3.63) is 47.0 Å². The van der Waals surface area contributed by atoms with E-state index in [2.05, 4.69) is 5.32 Å². The van der Waals surface area contributed by atoms with E-state index in [9.17, 15) is 15.0 Å². The molecule has 6 heteroatoms. The van der Waals surface area contributed by atoms with E-state index in [1.807, 2.05) is 0 Å². The van der Waals surface area contributed by atoms with Gasteiger partial charge in [-0.2, -0.15) is 0 Å². The number of nitrogens with two attached hydrogens (primary N) is 1. The quantitative estimate of drug-likeness (QED) is 0.501. The van der Waals surface area contributed by atoms with Crippen molar-refractivity contribution in [2.24, 2.45) is 0 Å². The highest BCUT2D eigenvalue weighted by atomic mass is 35.5. The second-order valence-electron chi connectivity index (χ2n) is 3.89. The monoisotopic (exact) mass is 278 g/mol. The van der Waals surface area contributed by atoms with Crippen molar-refractivity contribution < 1.29 is 15.0 Å². The molecule has 0 aliphatic carbocycles. The van der Waals surface area contributed by atoms with E-state index in [-0.39, 0.29) is 22.7 Å². The number of rotatable bonds is 2. The highest BCUT2D eigenvalue weighted by Gasteiger charge is 2.13. The van der Waals surface area contributed by atoms with Crippen molar-refractivity contribution >= 4 is 28.9 Å². The van der Waals surface area contributed by atoms with Gasteiger partial charge in [0.2, 0.25) is 0 Å². The molecule has 0 spiro atoms. The van der Waals surface area contributed by atoms with Crippen molar-refractivity contribution in [2.75, 3.05) is 11.1 Å². The number of phenolic OH excluding ortho intramolecular Hbond substituents is 2. The van der Waals surface area contributed by atoms with Crippen LogP contribution in [0.25, 0.3) is 0 Å². The first kappa shape index (κ1) is 13.0. The fraction of sp³-hybridized carbons (Fsp3) is 0. The molecule has 2 aromatic rings. The zero-order valence-electron chi connectivity index (χ0n) is 9.72. The average Bonchev–Trinajstić information content (AvgIpc) is 2.35. The summed E-state index contributed by atoms with van der Waals surface area (Å²) >= 11 is 5.76. The molecule has 0 unspecified atom stereocenters. The minimum absolute atomic E-state index is 0.0173. The van der Waals surface area contributed by atoms with E-state index in [1.165, 1.54) is 36.4 Å². The molecule has 98 valence electrons. The Labute approximate surface area is 114 Å². The van der Waals surface area contributed by atoms with Crippen LogP contribution in [0.15, 0.2) is 36.4 Å². The molecule has 0 fully saturated rings. The predicted octanol–water partition coefficient (Wildman–Crippen LogP) is 2.59. The summed E-state index contributed by atoms with van der Waals surface area (Å²) in [6.07, 6.45) is 0. The molecule has 0 radical (unpaired) electrons. The molecule has 0 atom stereocenters. The number of benzene rings is 2. The summed E-state index contributed by atoms with van der Waals surface area (Å²) < 4.78 is 0. The minimum Gasteiger partial charge on any atom is -0.507 e. The number of halogens is 1. The zero-order valence-corrected chi connectivity index (χ0v) is 10.5. The molecule has 0 saturated carbocycles. The SMILES string of the molecule is Nc1ccc(NC(=O)c2cc(Cl)ccc2O)c(O)c1. The Morgan fingerprint density at radius 3 is 2.53 bits per heavy atom. The minimum atomic E-state index is -0.583. The molecule has 0 heterocycles. The van der Waals surface area contributed by atoms with E-state index in [1.54, 1.807) is 0 Å². The number of hydrogen-bond donors (Lipinski definition) is 4. The fourth-order valence-corrected chi connectivity index (χ4v) is 1.71. The summed E-state index contributed by atoms with van der Waals surface area (Å²) in [5.74, 6) is -0.938. The van der Waals surface area contributed by atoms with Crippen LogP contribution in [-0.4, -0.2) is 16.1 Å². The normalized spacial score (nSPS) is 10.2. The van der Waals surface area contributed by atoms with Gasteiger partial charge in [0.05, 0.1) is 11.3 Å². The molecule has 0 aliphatic heterocycles. The molecule has 0 aromatic heterocycles. The Hall–Kier alpha value is -2.40. The number of carbonyl (C=O) groups excluding carboxylic acids is 1. The first-order valence-corrected chi connectivity index (χ1v) is 5.73. The van der Waals surface area contributed by atoms with Gasteiger partial charge in [-0.1, -0.05) is 11.6 Å². The number of phenols is 2. The van der Waals surface area contributed by atoms with Crippen molar-refractivity contribution in [1.29, 1.82) is 0 Å². The summed E-state index contributed by atoms with van der Waals surface area (Å²) in [6.45, 7) is 0.